The van der Waals surface area contributed by atoms with Gasteiger partial charge in [-0.15, -0.1) is 0 Å². The molecule has 0 aliphatic carbocycles. The lowest BCUT2D eigenvalue weighted by Gasteiger charge is -2.07. The van der Waals surface area contributed by atoms with E-state index in [4.69, 9.17) is 0 Å². The highest BCUT2D eigenvalue weighted by Crippen LogP contribution is 2.12. The molecular formula is C20H24N2O2. The van der Waals surface area contributed by atoms with E-state index in [1.807, 2.05) is 24.3 Å². The number of aryl methyl sites for hydroxylation is 1. The predicted octanol–water partition coefficient (Wildman–Crippen LogP) is 4.03. The zero-order valence-corrected chi connectivity index (χ0v) is 14.3. The molecule has 0 heterocycles. The van der Waals surface area contributed by atoms with Crippen LogP contribution in [0.1, 0.15) is 53.0 Å². The van der Waals surface area contributed by atoms with Crippen LogP contribution in [0.25, 0.3) is 0 Å². The van der Waals surface area contributed by atoms with Gasteiger partial charge >= 0.3 is 0 Å². The molecule has 0 bridgehead atoms. The largest absolute Gasteiger partial charge is 0.352 e. The molecule has 0 aliphatic rings. The molecule has 2 aromatic carbocycles. The fourth-order valence-corrected chi connectivity index (χ4v) is 2.28. The average Bonchev–Trinajstić information content (AvgIpc) is 2.62. The second-order valence-corrected chi connectivity index (χ2v) is 5.69. The number of benzene rings is 2. The van der Waals surface area contributed by atoms with Crippen molar-refractivity contribution in [1.29, 1.82) is 0 Å². The van der Waals surface area contributed by atoms with Crippen molar-refractivity contribution < 1.29 is 9.59 Å². The van der Waals surface area contributed by atoms with Crippen LogP contribution in [0, 0.1) is 0 Å². The topological polar surface area (TPSA) is 58.2 Å². The summed E-state index contributed by atoms with van der Waals surface area (Å²) >= 11 is 0. The molecule has 24 heavy (non-hydrogen) atoms. The van der Waals surface area contributed by atoms with Crippen molar-refractivity contribution in [3.05, 3.63) is 65.2 Å². The summed E-state index contributed by atoms with van der Waals surface area (Å²) < 4.78 is 0. The number of unbranched alkanes of at least 4 members (excludes halogenated alkanes) is 1. The van der Waals surface area contributed by atoms with E-state index in [0.29, 0.717) is 17.7 Å². The van der Waals surface area contributed by atoms with Crippen molar-refractivity contribution in [2.45, 2.75) is 33.1 Å². The summed E-state index contributed by atoms with van der Waals surface area (Å²) in [5.41, 5.74) is 3.08. The first-order valence-electron chi connectivity index (χ1n) is 8.42. The van der Waals surface area contributed by atoms with Gasteiger partial charge in [-0.3, -0.25) is 9.59 Å². The molecule has 4 nitrogen and oxygen atoms in total. The average molecular weight is 324 g/mol. The molecule has 2 aromatic rings. The standard InChI is InChI=1S/C20H24N2O2/c1-3-5-14-21-19(23)16-8-10-17(11-9-16)20(24)22-18-12-6-15(4-2)7-13-18/h6-13H,3-5,14H2,1-2H3,(H,21,23)(H,22,24). The van der Waals surface area contributed by atoms with Crippen molar-refractivity contribution in [2.75, 3.05) is 11.9 Å². The monoisotopic (exact) mass is 324 g/mol. The first-order chi connectivity index (χ1) is 11.6. The summed E-state index contributed by atoms with van der Waals surface area (Å²) in [7, 11) is 0. The Labute approximate surface area is 143 Å². The molecule has 4 heteroatoms. The van der Waals surface area contributed by atoms with Crippen LogP contribution in [0.5, 0.6) is 0 Å². The zero-order chi connectivity index (χ0) is 17.4. The van der Waals surface area contributed by atoms with Crippen LogP contribution in [0.15, 0.2) is 48.5 Å². The van der Waals surface area contributed by atoms with Gasteiger partial charge in [-0.05, 0) is 54.8 Å². The molecule has 0 spiro atoms. The van der Waals surface area contributed by atoms with Gasteiger partial charge in [0.25, 0.3) is 11.8 Å². The predicted molar refractivity (Wildman–Crippen MR) is 97.5 cm³/mol. The number of carbonyl (C=O) groups excluding carboxylic acids is 2. The van der Waals surface area contributed by atoms with Crippen LogP contribution in [-0.2, 0) is 6.42 Å². The number of hydrogen-bond donors (Lipinski definition) is 2. The second kappa shape index (κ2) is 8.87. The Balaban J connectivity index is 1.96. The van der Waals surface area contributed by atoms with Gasteiger partial charge < -0.3 is 10.6 Å². The molecule has 0 aliphatic heterocycles. The number of amides is 2. The summed E-state index contributed by atoms with van der Waals surface area (Å²) in [6, 6.07) is 14.5. The van der Waals surface area contributed by atoms with Gasteiger partial charge in [0.1, 0.15) is 0 Å². The Morgan fingerprint density at radius 2 is 1.42 bits per heavy atom. The molecule has 2 N–H and O–H groups in total. The van der Waals surface area contributed by atoms with E-state index >= 15 is 0 Å². The Morgan fingerprint density at radius 1 is 0.833 bits per heavy atom. The molecule has 2 amide bonds. The van der Waals surface area contributed by atoms with Crippen LogP contribution in [0.2, 0.25) is 0 Å². The number of anilines is 1. The van der Waals surface area contributed by atoms with Crippen molar-refractivity contribution >= 4 is 17.5 Å². The summed E-state index contributed by atoms with van der Waals surface area (Å²) in [5, 5.41) is 5.72. The number of rotatable bonds is 7. The Morgan fingerprint density at radius 3 is 1.96 bits per heavy atom. The molecule has 126 valence electrons. The molecule has 0 radical (unpaired) electrons. The maximum Gasteiger partial charge on any atom is 0.255 e. The Bertz CT molecular complexity index is 676. The van der Waals surface area contributed by atoms with E-state index in [2.05, 4.69) is 24.5 Å². The van der Waals surface area contributed by atoms with Crippen LogP contribution in [0.3, 0.4) is 0 Å². The number of nitrogens with one attached hydrogen (secondary N) is 2. The minimum Gasteiger partial charge on any atom is -0.352 e. The minimum absolute atomic E-state index is 0.106. The van der Waals surface area contributed by atoms with Gasteiger partial charge in [-0.25, -0.2) is 0 Å². The lowest BCUT2D eigenvalue weighted by Crippen LogP contribution is -2.24. The molecule has 0 saturated carbocycles. The smallest absolute Gasteiger partial charge is 0.255 e. The Hall–Kier alpha value is -2.62. The van der Waals surface area contributed by atoms with Crippen LogP contribution < -0.4 is 10.6 Å². The van der Waals surface area contributed by atoms with Crippen LogP contribution >= 0.6 is 0 Å². The van der Waals surface area contributed by atoms with Gasteiger partial charge in [0.2, 0.25) is 0 Å². The molecule has 0 fully saturated rings. The molecular weight excluding hydrogens is 300 g/mol. The quantitative estimate of drug-likeness (QED) is 0.755. The fourth-order valence-electron chi connectivity index (χ4n) is 2.28. The molecule has 0 aromatic heterocycles. The minimum atomic E-state index is -0.183. The van der Waals surface area contributed by atoms with Crippen molar-refractivity contribution in [2.24, 2.45) is 0 Å². The molecule has 2 rings (SSSR count). The summed E-state index contributed by atoms with van der Waals surface area (Å²) in [6.45, 7) is 4.84. The highest BCUT2D eigenvalue weighted by atomic mass is 16.2. The van der Waals surface area contributed by atoms with Gasteiger partial charge in [-0.2, -0.15) is 0 Å². The highest BCUT2D eigenvalue weighted by Gasteiger charge is 2.09. The zero-order valence-electron chi connectivity index (χ0n) is 14.3. The van der Waals surface area contributed by atoms with Gasteiger partial charge in [0.05, 0.1) is 0 Å². The number of carbonyl (C=O) groups is 2. The van der Waals surface area contributed by atoms with Gasteiger partial charge in [0, 0.05) is 23.4 Å². The molecule has 0 unspecified atom stereocenters. The van der Waals surface area contributed by atoms with Crippen molar-refractivity contribution in [1.82, 2.24) is 5.32 Å². The van der Waals surface area contributed by atoms with Crippen LogP contribution in [-0.4, -0.2) is 18.4 Å². The molecule has 0 saturated heterocycles. The van der Waals surface area contributed by atoms with E-state index in [9.17, 15) is 9.59 Å². The van der Waals surface area contributed by atoms with E-state index in [1.165, 1.54) is 5.56 Å². The van der Waals surface area contributed by atoms with Crippen LogP contribution in [0.4, 0.5) is 5.69 Å². The third-order valence-electron chi connectivity index (χ3n) is 3.85. The summed E-state index contributed by atoms with van der Waals surface area (Å²) in [6.07, 6.45) is 2.97. The molecule has 0 atom stereocenters. The third kappa shape index (κ3) is 4.95. The van der Waals surface area contributed by atoms with E-state index in [-0.39, 0.29) is 11.8 Å². The maximum absolute atomic E-state index is 12.2. The van der Waals surface area contributed by atoms with Gasteiger partial charge in [0.15, 0.2) is 0 Å². The first kappa shape index (κ1) is 17.7. The summed E-state index contributed by atoms with van der Waals surface area (Å²) in [4.78, 5) is 24.2. The van der Waals surface area contributed by atoms with Crippen molar-refractivity contribution in [3.63, 3.8) is 0 Å². The highest BCUT2D eigenvalue weighted by molar-refractivity contribution is 6.05. The lowest BCUT2D eigenvalue weighted by molar-refractivity contribution is 0.0951. The summed E-state index contributed by atoms with van der Waals surface area (Å²) in [5.74, 6) is -0.289. The van der Waals surface area contributed by atoms with E-state index in [0.717, 1.165) is 24.9 Å². The maximum atomic E-state index is 12.2. The van der Waals surface area contributed by atoms with E-state index in [1.54, 1.807) is 24.3 Å². The second-order valence-electron chi connectivity index (χ2n) is 5.69. The first-order valence-corrected chi connectivity index (χ1v) is 8.42. The van der Waals surface area contributed by atoms with E-state index < -0.39 is 0 Å². The SMILES string of the molecule is CCCCNC(=O)c1ccc(C(=O)Nc2ccc(CC)cc2)cc1. The lowest BCUT2D eigenvalue weighted by atomic mass is 10.1. The number of hydrogen-bond acceptors (Lipinski definition) is 2. The fraction of sp³-hybridized carbons (Fsp3) is 0.300. The van der Waals surface area contributed by atoms with Gasteiger partial charge in [-0.1, -0.05) is 32.4 Å². The Kier molecular flexibility index (Phi) is 6.55. The third-order valence-corrected chi connectivity index (χ3v) is 3.85. The van der Waals surface area contributed by atoms with Crippen molar-refractivity contribution in [3.8, 4) is 0 Å². The normalized spacial score (nSPS) is 10.2.